The summed E-state index contributed by atoms with van der Waals surface area (Å²) in [6.45, 7) is 4.64. The molecule has 3 aliphatic heterocycles. The molecule has 292 valence electrons. The van der Waals surface area contributed by atoms with E-state index in [1.807, 2.05) is 72.8 Å². The lowest BCUT2D eigenvalue weighted by molar-refractivity contribution is -0.938. The van der Waals surface area contributed by atoms with E-state index in [9.17, 15) is 24.6 Å². The number of phenolic OH excluding ortho intramolecular Hbond substituents is 1. The van der Waals surface area contributed by atoms with E-state index in [4.69, 9.17) is 9.47 Å². The van der Waals surface area contributed by atoms with Crippen LogP contribution in [0.15, 0.2) is 114 Å². The number of hydrogen-bond acceptors (Lipinski definition) is 8. The molecule has 4 N–H and O–H groups in total. The lowest BCUT2D eigenvalue weighted by Gasteiger charge is -2.51. The van der Waals surface area contributed by atoms with Crippen LogP contribution in [-0.4, -0.2) is 83.4 Å². The largest absolute Gasteiger partial charge is 0.506 e. The van der Waals surface area contributed by atoms with Crippen LogP contribution >= 0.6 is 0 Å². The standard InChI is InChI=1S/C46H51N3O7/c50-40-19-17-37(38-18-20-44(53)48-46(38)40)41(51)29-47-23-8-3-9-26-55-36-16-10-15-35(27-36)39(32-11-4-1-5-12-32)28-45(54)56-43-31-49(24-21-34(43)22-25-49)30-42(52)33-13-6-2-7-14-33/h1-2,4-7,10-20,27,34,39,41,43,47,51H,3,8-9,21-26,28-31H2,(H-,48,50,53)/p+1/t34?,39?,41-,43-,49?/m0/s1. The van der Waals surface area contributed by atoms with E-state index >= 15 is 0 Å². The number of esters is 1. The average molecular weight is 759 g/mol. The van der Waals surface area contributed by atoms with Gasteiger partial charge in [-0.25, -0.2) is 0 Å². The summed E-state index contributed by atoms with van der Waals surface area (Å²) in [5.41, 5.74) is 3.42. The number of piperidine rings is 3. The summed E-state index contributed by atoms with van der Waals surface area (Å²) >= 11 is 0. The summed E-state index contributed by atoms with van der Waals surface area (Å²) in [5, 5.41) is 24.8. The monoisotopic (exact) mass is 758 g/mol. The predicted molar refractivity (Wildman–Crippen MR) is 216 cm³/mol. The van der Waals surface area contributed by atoms with Gasteiger partial charge in [0, 0.05) is 48.2 Å². The molecule has 3 fully saturated rings. The van der Waals surface area contributed by atoms with Crippen molar-refractivity contribution < 1.29 is 33.8 Å². The van der Waals surface area contributed by atoms with Crippen molar-refractivity contribution in [1.82, 2.24) is 10.3 Å². The van der Waals surface area contributed by atoms with Crippen molar-refractivity contribution in [1.29, 1.82) is 0 Å². The number of pyridine rings is 1. The molecule has 8 rings (SSSR count). The van der Waals surface area contributed by atoms with Crippen molar-refractivity contribution in [3.05, 3.63) is 142 Å². The third-order valence-corrected chi connectivity index (χ3v) is 11.6. The molecule has 2 bridgehead atoms. The second-order valence-electron chi connectivity index (χ2n) is 15.4. The Kier molecular flexibility index (Phi) is 12.6. The van der Waals surface area contributed by atoms with Gasteiger partial charge in [-0.15, -0.1) is 0 Å². The van der Waals surface area contributed by atoms with E-state index in [1.165, 1.54) is 12.1 Å². The van der Waals surface area contributed by atoms with Crippen LogP contribution in [0.25, 0.3) is 10.9 Å². The molecule has 56 heavy (non-hydrogen) atoms. The Morgan fingerprint density at radius 3 is 2.39 bits per heavy atom. The number of nitrogens with zero attached hydrogens (tertiary/aromatic N) is 1. The number of Topliss-reactive ketones (excluding diaryl/α,β-unsaturated/α-hetero) is 1. The lowest BCUT2D eigenvalue weighted by Crippen LogP contribution is -2.65. The van der Waals surface area contributed by atoms with Gasteiger partial charge in [-0.1, -0.05) is 78.9 Å². The van der Waals surface area contributed by atoms with E-state index in [0.717, 1.165) is 74.2 Å². The first kappa shape index (κ1) is 39.0. The molecule has 3 atom stereocenters. The SMILES string of the molecule is O=C(CC(c1ccccc1)c1cccc(OCCCCCNC[C@H](O)c2ccc(O)c3[nH]c(=O)ccc23)c1)O[C@H]1C[N+]2(CC(=O)c3ccccc3)CCC1CC2. The molecule has 3 saturated heterocycles. The molecular weight excluding hydrogens is 707 g/mol. The first-order chi connectivity index (χ1) is 27.3. The minimum Gasteiger partial charge on any atom is -0.506 e. The van der Waals surface area contributed by atoms with Crippen molar-refractivity contribution in [2.45, 2.75) is 56.7 Å². The van der Waals surface area contributed by atoms with Gasteiger partial charge in [-0.2, -0.15) is 0 Å². The third-order valence-electron chi connectivity index (χ3n) is 11.6. The van der Waals surface area contributed by atoms with Crippen LogP contribution in [0.1, 0.15) is 77.6 Å². The fourth-order valence-corrected chi connectivity index (χ4v) is 8.53. The van der Waals surface area contributed by atoms with Crippen molar-refractivity contribution in [2.24, 2.45) is 5.92 Å². The van der Waals surface area contributed by atoms with Crippen molar-refractivity contribution in [2.75, 3.05) is 45.9 Å². The van der Waals surface area contributed by atoms with Crippen LogP contribution in [0.4, 0.5) is 0 Å². The number of unbranched alkanes of at least 4 members (excludes halogenated alkanes) is 2. The summed E-state index contributed by atoms with van der Waals surface area (Å²) in [7, 11) is 0. The van der Waals surface area contributed by atoms with E-state index < -0.39 is 6.10 Å². The maximum Gasteiger partial charge on any atom is 0.307 e. The van der Waals surface area contributed by atoms with Crippen molar-refractivity contribution in [3.8, 4) is 11.5 Å². The van der Waals surface area contributed by atoms with Gasteiger partial charge in [0.25, 0.3) is 0 Å². The maximum absolute atomic E-state index is 13.7. The number of quaternary nitrogens is 1. The van der Waals surface area contributed by atoms with E-state index in [1.54, 1.807) is 12.1 Å². The van der Waals surface area contributed by atoms with E-state index in [0.29, 0.717) is 53.1 Å². The Bertz CT molecular complexity index is 2150. The number of benzene rings is 4. The Labute approximate surface area is 327 Å². The zero-order chi connectivity index (χ0) is 38.9. The number of ether oxygens (including phenoxy) is 2. The zero-order valence-electron chi connectivity index (χ0n) is 31.8. The number of nitrogens with one attached hydrogen (secondary N) is 2. The Hall–Kier alpha value is -5.29. The summed E-state index contributed by atoms with van der Waals surface area (Å²) in [6.07, 6.45) is 3.86. The minimum absolute atomic E-state index is 0.0309. The van der Waals surface area contributed by atoms with Crippen LogP contribution in [0.2, 0.25) is 0 Å². The molecular formula is C46H52N3O7+. The molecule has 10 nitrogen and oxygen atoms in total. The second kappa shape index (κ2) is 18.1. The molecule has 3 aliphatic rings. The Morgan fingerprint density at radius 2 is 1.61 bits per heavy atom. The molecule has 10 heteroatoms. The minimum atomic E-state index is -0.794. The number of rotatable bonds is 18. The number of carbonyl (C=O) groups is 2. The van der Waals surface area contributed by atoms with Gasteiger partial charge in [0.2, 0.25) is 11.3 Å². The van der Waals surface area contributed by atoms with Crippen molar-refractivity contribution in [3.63, 3.8) is 0 Å². The molecule has 1 aromatic heterocycles. The number of aliphatic hydroxyl groups excluding tert-OH is 1. The second-order valence-corrected chi connectivity index (χ2v) is 15.4. The van der Waals surface area contributed by atoms with Gasteiger partial charge in [0.15, 0.2) is 6.10 Å². The molecule has 5 aromatic rings. The summed E-state index contributed by atoms with van der Waals surface area (Å²) in [6, 6.07) is 33.7. The van der Waals surface area contributed by atoms with Crippen LogP contribution < -0.4 is 15.6 Å². The van der Waals surface area contributed by atoms with E-state index in [2.05, 4.69) is 22.4 Å². The smallest absolute Gasteiger partial charge is 0.307 e. The number of hydrogen-bond donors (Lipinski definition) is 4. The van der Waals surface area contributed by atoms with E-state index in [-0.39, 0.29) is 41.5 Å². The molecule has 0 spiro atoms. The number of aliphatic hydroxyl groups is 1. The first-order valence-corrected chi connectivity index (χ1v) is 19.9. The van der Waals surface area contributed by atoms with Gasteiger partial charge >= 0.3 is 5.97 Å². The first-order valence-electron chi connectivity index (χ1n) is 19.9. The zero-order valence-corrected chi connectivity index (χ0v) is 31.8. The van der Waals surface area contributed by atoms with Crippen LogP contribution in [0.3, 0.4) is 0 Å². The van der Waals surface area contributed by atoms with Crippen LogP contribution in [-0.2, 0) is 9.53 Å². The van der Waals surface area contributed by atoms with Crippen LogP contribution in [0.5, 0.6) is 11.5 Å². The van der Waals surface area contributed by atoms with Gasteiger partial charge in [0.05, 0.1) is 37.7 Å². The highest BCUT2D eigenvalue weighted by molar-refractivity contribution is 5.97. The van der Waals surface area contributed by atoms with Gasteiger partial charge in [0.1, 0.15) is 24.6 Å². The fourth-order valence-electron chi connectivity index (χ4n) is 8.53. The number of fused-ring (bicyclic) bond motifs is 4. The molecule has 4 heterocycles. The topological polar surface area (TPSA) is 138 Å². The molecule has 0 aliphatic carbocycles. The average Bonchev–Trinajstić information content (AvgIpc) is 3.22. The normalized spacial score (nSPS) is 20.0. The lowest BCUT2D eigenvalue weighted by atomic mass is 9.82. The highest BCUT2D eigenvalue weighted by atomic mass is 16.5. The van der Waals surface area contributed by atoms with Gasteiger partial charge < -0.3 is 34.5 Å². The number of aromatic amines is 1. The Balaban J connectivity index is 0.885. The number of H-pyrrole nitrogens is 1. The van der Waals surface area contributed by atoms with Crippen LogP contribution in [0, 0.1) is 5.92 Å². The summed E-state index contributed by atoms with van der Waals surface area (Å²) in [4.78, 5) is 41.3. The molecule has 0 radical (unpaired) electrons. The number of ketones is 1. The molecule has 0 saturated carbocycles. The van der Waals surface area contributed by atoms with Gasteiger partial charge in [-0.3, -0.25) is 14.4 Å². The van der Waals surface area contributed by atoms with Crippen molar-refractivity contribution >= 4 is 22.7 Å². The number of phenols is 1. The predicted octanol–water partition coefficient (Wildman–Crippen LogP) is 6.66. The van der Waals surface area contributed by atoms with Gasteiger partial charge in [-0.05, 0) is 66.8 Å². The molecule has 1 unspecified atom stereocenters. The number of carbonyl (C=O) groups excluding carboxylic acids is 2. The third kappa shape index (κ3) is 9.56. The fraction of sp³-hybridized carbons (Fsp3) is 0.370. The number of aromatic nitrogens is 1. The number of aromatic hydroxyl groups is 1. The maximum atomic E-state index is 13.7. The quantitative estimate of drug-likeness (QED) is 0.0337. The molecule has 4 aromatic carbocycles. The summed E-state index contributed by atoms with van der Waals surface area (Å²) in [5.74, 6) is 0.794. The highest BCUT2D eigenvalue weighted by Crippen LogP contribution is 2.37. The summed E-state index contributed by atoms with van der Waals surface area (Å²) < 4.78 is 13.1. The highest BCUT2D eigenvalue weighted by Gasteiger charge is 2.48. The Morgan fingerprint density at radius 1 is 0.857 bits per heavy atom. The molecule has 0 amide bonds.